The fourth-order valence-corrected chi connectivity index (χ4v) is 4.92. The van der Waals surface area contributed by atoms with Crippen molar-refractivity contribution < 1.29 is 23.0 Å². The molecule has 9 heteroatoms. The van der Waals surface area contributed by atoms with Crippen LogP contribution in [-0.2, 0) is 9.53 Å². The fourth-order valence-electron chi connectivity index (χ4n) is 3.90. The number of amides is 1. The van der Waals surface area contributed by atoms with Gasteiger partial charge >= 0.3 is 0 Å². The maximum Gasteiger partial charge on any atom is 0.217 e. The van der Waals surface area contributed by atoms with Crippen LogP contribution in [0.5, 0.6) is 5.75 Å². The van der Waals surface area contributed by atoms with Crippen LogP contribution in [0.4, 0.5) is 13.9 Å². The largest absolute Gasteiger partial charge is 0.487 e. The third kappa shape index (κ3) is 4.83. The molecule has 164 valence electrons. The molecule has 6 nitrogen and oxygen atoms in total. The Balaban J connectivity index is 1.30. The van der Waals surface area contributed by atoms with Gasteiger partial charge in [-0.25, -0.2) is 13.8 Å². The number of rotatable bonds is 7. The highest BCUT2D eigenvalue weighted by Gasteiger charge is 2.30. The number of hydrogen-bond acceptors (Lipinski definition) is 6. The van der Waals surface area contributed by atoms with E-state index in [2.05, 4.69) is 10.3 Å². The van der Waals surface area contributed by atoms with E-state index in [1.54, 1.807) is 12.1 Å². The van der Waals surface area contributed by atoms with Crippen molar-refractivity contribution in [2.75, 3.05) is 24.6 Å². The van der Waals surface area contributed by atoms with Gasteiger partial charge in [-0.1, -0.05) is 11.3 Å². The Bertz CT molecular complexity index is 895. The van der Waals surface area contributed by atoms with Crippen LogP contribution in [0.3, 0.4) is 0 Å². The smallest absolute Gasteiger partial charge is 0.217 e. The highest BCUT2D eigenvalue weighted by atomic mass is 32.1. The first kappa shape index (κ1) is 21.2. The number of aromatic nitrogens is 1. The minimum atomic E-state index is -0.825. The number of benzene rings is 1. The van der Waals surface area contributed by atoms with Crippen molar-refractivity contribution in [2.24, 2.45) is 0 Å². The number of halogens is 2. The van der Waals surface area contributed by atoms with E-state index in [1.165, 1.54) is 18.3 Å². The first-order valence-corrected chi connectivity index (χ1v) is 11.2. The summed E-state index contributed by atoms with van der Waals surface area (Å²) in [6.45, 7) is 4.53. The summed E-state index contributed by atoms with van der Waals surface area (Å²) in [5, 5.41) is 3.46. The minimum Gasteiger partial charge on any atom is -0.487 e. The van der Waals surface area contributed by atoms with Gasteiger partial charge in [-0.15, -0.1) is 0 Å². The van der Waals surface area contributed by atoms with Crippen LogP contribution in [0.2, 0.25) is 0 Å². The summed E-state index contributed by atoms with van der Waals surface area (Å²) in [5.74, 6) is -0.212. The summed E-state index contributed by atoms with van der Waals surface area (Å²) in [5.41, 5.74) is 0.576. The van der Waals surface area contributed by atoms with Crippen LogP contribution in [-0.4, -0.2) is 55.0 Å². The molecule has 1 N–H and O–H groups in total. The minimum absolute atomic E-state index is 0.0198. The Morgan fingerprint density at radius 1 is 1.30 bits per heavy atom. The lowest BCUT2D eigenvalue weighted by atomic mass is 9.95. The molecule has 1 aromatic carbocycles. The first-order valence-electron chi connectivity index (χ1n) is 10.4. The van der Waals surface area contributed by atoms with Crippen molar-refractivity contribution in [1.82, 2.24) is 10.3 Å². The molecule has 0 bridgehead atoms. The molecular weight excluding hydrogens is 412 g/mol. The van der Waals surface area contributed by atoms with Crippen molar-refractivity contribution in [1.29, 1.82) is 0 Å². The Morgan fingerprint density at radius 3 is 2.67 bits per heavy atom. The fraction of sp³-hybridized carbons (Fsp3) is 0.619. The van der Waals surface area contributed by atoms with Crippen molar-refractivity contribution in [3.05, 3.63) is 17.9 Å². The number of nitrogens with one attached hydrogen (secondary N) is 1. The van der Waals surface area contributed by atoms with E-state index in [9.17, 15) is 13.6 Å². The van der Waals surface area contributed by atoms with Gasteiger partial charge in [0, 0.05) is 13.0 Å². The number of fused-ring (bicyclic) bond motifs is 1. The molecule has 2 heterocycles. The maximum absolute atomic E-state index is 15.0. The van der Waals surface area contributed by atoms with Gasteiger partial charge in [-0.2, -0.15) is 0 Å². The van der Waals surface area contributed by atoms with E-state index in [0.29, 0.717) is 35.0 Å². The van der Waals surface area contributed by atoms with Gasteiger partial charge in [-0.05, 0) is 44.7 Å². The van der Waals surface area contributed by atoms with Gasteiger partial charge in [-0.3, -0.25) is 4.79 Å². The summed E-state index contributed by atoms with van der Waals surface area (Å²) in [6.07, 6.45) is 2.50. The zero-order valence-corrected chi connectivity index (χ0v) is 18.0. The number of anilines is 1. The second-order valence-electron chi connectivity index (χ2n) is 8.18. The van der Waals surface area contributed by atoms with Crippen LogP contribution in [0.1, 0.15) is 39.5 Å². The van der Waals surface area contributed by atoms with E-state index in [0.717, 1.165) is 25.7 Å². The maximum atomic E-state index is 15.0. The first-order chi connectivity index (χ1) is 14.4. The molecule has 1 aliphatic carbocycles. The van der Waals surface area contributed by atoms with Gasteiger partial charge in [0.05, 0.1) is 42.1 Å². The summed E-state index contributed by atoms with van der Waals surface area (Å²) in [6, 6.07) is 3.37. The third-order valence-corrected chi connectivity index (χ3v) is 6.63. The van der Waals surface area contributed by atoms with Gasteiger partial charge in [0.15, 0.2) is 16.7 Å². The third-order valence-electron chi connectivity index (χ3n) is 5.50. The average molecular weight is 440 g/mol. The number of ether oxygens (including phenoxy) is 2. The van der Waals surface area contributed by atoms with Crippen LogP contribution < -0.4 is 15.0 Å². The van der Waals surface area contributed by atoms with Gasteiger partial charge in [0.25, 0.3) is 0 Å². The number of thiazole rings is 1. The lowest BCUT2D eigenvalue weighted by molar-refractivity contribution is -0.120. The monoisotopic (exact) mass is 439 g/mol. The second kappa shape index (κ2) is 9.01. The van der Waals surface area contributed by atoms with Gasteiger partial charge < -0.3 is 19.7 Å². The van der Waals surface area contributed by atoms with Gasteiger partial charge in [0.1, 0.15) is 6.17 Å². The normalized spacial score (nSPS) is 23.3. The molecule has 1 saturated carbocycles. The van der Waals surface area contributed by atoms with Crippen LogP contribution >= 0.6 is 11.3 Å². The lowest BCUT2D eigenvalue weighted by Gasteiger charge is -2.33. The summed E-state index contributed by atoms with van der Waals surface area (Å²) >= 11 is 1.24. The Morgan fingerprint density at radius 2 is 2.00 bits per heavy atom. The molecule has 1 saturated heterocycles. The summed E-state index contributed by atoms with van der Waals surface area (Å²) in [7, 11) is 0. The molecule has 0 radical (unpaired) electrons. The molecule has 1 amide bonds. The topological polar surface area (TPSA) is 63.7 Å². The zero-order chi connectivity index (χ0) is 21.3. The molecule has 30 heavy (non-hydrogen) atoms. The van der Waals surface area contributed by atoms with Crippen molar-refractivity contribution in [2.45, 2.75) is 64.0 Å². The highest BCUT2D eigenvalue weighted by molar-refractivity contribution is 7.22. The molecular formula is C21H27F2N3O3S. The zero-order valence-electron chi connectivity index (χ0n) is 17.2. The molecule has 2 aliphatic rings. The quantitative estimate of drug-likeness (QED) is 0.711. The molecule has 2 fully saturated rings. The number of alkyl halides is 1. The van der Waals surface area contributed by atoms with Gasteiger partial charge in [0.2, 0.25) is 5.91 Å². The number of hydrogen-bond donors (Lipinski definition) is 1. The predicted molar refractivity (Wildman–Crippen MR) is 113 cm³/mol. The SMILES string of the molecule is CC(=O)N[C@@H](C)COC1CCC(Oc2ccc3nc(N4CC(F)C4)sc3c2F)CC1. The van der Waals surface area contributed by atoms with E-state index in [4.69, 9.17) is 9.47 Å². The number of nitrogens with zero attached hydrogens (tertiary/aromatic N) is 2. The van der Waals surface area contributed by atoms with Crippen LogP contribution in [0.15, 0.2) is 12.1 Å². The molecule has 0 unspecified atom stereocenters. The van der Waals surface area contributed by atoms with Crippen LogP contribution in [0.25, 0.3) is 10.2 Å². The predicted octanol–water partition coefficient (Wildman–Crippen LogP) is 3.82. The Hall–Kier alpha value is -2.00. The van der Waals surface area contributed by atoms with Crippen molar-refractivity contribution >= 4 is 32.6 Å². The van der Waals surface area contributed by atoms with Crippen LogP contribution in [0, 0.1) is 5.82 Å². The van der Waals surface area contributed by atoms with Crippen molar-refractivity contribution in [3.63, 3.8) is 0 Å². The van der Waals surface area contributed by atoms with E-state index >= 15 is 0 Å². The molecule has 0 spiro atoms. The summed E-state index contributed by atoms with van der Waals surface area (Å²) in [4.78, 5) is 17.3. The Labute approximate surface area is 178 Å². The standard InChI is InChI=1S/C21H27F2N3O3S/c1-12(24-13(2)27)11-28-15-3-5-16(6-4-15)29-18-8-7-17-20(19(18)23)30-21(25-17)26-9-14(22)10-26/h7-8,12,14-16H,3-6,9-11H2,1-2H3,(H,24,27)/t12-,15?,16?/m0/s1. The Kier molecular flexibility index (Phi) is 6.38. The molecule has 1 aliphatic heterocycles. The molecule has 1 atom stereocenters. The number of carbonyl (C=O) groups is 1. The van der Waals surface area contributed by atoms with E-state index in [-0.39, 0.29) is 29.9 Å². The average Bonchev–Trinajstić information content (AvgIpc) is 3.11. The summed E-state index contributed by atoms with van der Waals surface area (Å²) < 4.78 is 40.4. The lowest BCUT2D eigenvalue weighted by Crippen LogP contribution is -2.48. The van der Waals surface area contributed by atoms with E-state index in [1.807, 2.05) is 11.8 Å². The molecule has 2 aromatic rings. The van der Waals surface area contributed by atoms with Crippen molar-refractivity contribution in [3.8, 4) is 5.75 Å². The van der Waals surface area contributed by atoms with E-state index < -0.39 is 12.0 Å². The highest BCUT2D eigenvalue weighted by Crippen LogP contribution is 2.37. The molecule has 1 aromatic heterocycles. The molecule has 4 rings (SSSR count). The second-order valence-corrected chi connectivity index (χ2v) is 9.15. The number of carbonyl (C=O) groups excluding carboxylic acids is 1.